The van der Waals surface area contributed by atoms with Gasteiger partial charge in [-0.3, -0.25) is 9.59 Å². The lowest BCUT2D eigenvalue weighted by Gasteiger charge is -2.40. The van der Waals surface area contributed by atoms with Gasteiger partial charge in [-0.15, -0.1) is 0 Å². The molecule has 0 aromatic heterocycles. The Morgan fingerprint density at radius 3 is 2.76 bits per heavy atom. The van der Waals surface area contributed by atoms with Crippen molar-refractivity contribution in [1.82, 2.24) is 10.2 Å². The molecule has 2 saturated heterocycles. The van der Waals surface area contributed by atoms with E-state index >= 15 is 0 Å². The van der Waals surface area contributed by atoms with Gasteiger partial charge in [0.05, 0.1) is 5.54 Å². The number of hydrogen-bond acceptors (Lipinski definition) is 3. The van der Waals surface area contributed by atoms with Crippen molar-refractivity contribution in [1.29, 1.82) is 0 Å². The van der Waals surface area contributed by atoms with Crippen molar-refractivity contribution in [2.24, 2.45) is 0 Å². The van der Waals surface area contributed by atoms with Gasteiger partial charge < -0.3 is 15.0 Å². The summed E-state index contributed by atoms with van der Waals surface area (Å²) in [5, 5.41) is 3.11. The molecule has 2 aliphatic rings. The molecule has 0 spiro atoms. The van der Waals surface area contributed by atoms with E-state index in [2.05, 4.69) is 5.32 Å². The fourth-order valence-electron chi connectivity index (χ4n) is 3.71. The SMILES string of the molecule is C[C@@H](C(=O)NC1(c2cccc(F)c2)CCOCC1)N1CCCCC1=O. The van der Waals surface area contributed by atoms with E-state index in [1.807, 2.05) is 6.07 Å². The van der Waals surface area contributed by atoms with Crippen molar-refractivity contribution in [3.05, 3.63) is 35.6 Å². The molecule has 2 fully saturated rings. The van der Waals surface area contributed by atoms with Crippen LogP contribution in [0.25, 0.3) is 0 Å². The zero-order valence-electron chi connectivity index (χ0n) is 14.6. The van der Waals surface area contributed by atoms with Gasteiger partial charge in [-0.05, 0) is 50.3 Å². The molecular weight excluding hydrogens is 323 g/mol. The van der Waals surface area contributed by atoms with E-state index in [0.29, 0.717) is 39.0 Å². The smallest absolute Gasteiger partial charge is 0.243 e. The van der Waals surface area contributed by atoms with Crippen molar-refractivity contribution in [2.45, 2.75) is 50.6 Å². The summed E-state index contributed by atoms with van der Waals surface area (Å²) in [6, 6.07) is 5.84. The Hall–Kier alpha value is -1.95. The number of likely N-dealkylation sites (tertiary alicyclic amines) is 1. The average molecular weight is 348 g/mol. The van der Waals surface area contributed by atoms with Crippen LogP contribution in [0.3, 0.4) is 0 Å². The highest BCUT2D eigenvalue weighted by Gasteiger charge is 2.38. The van der Waals surface area contributed by atoms with Crippen molar-refractivity contribution in [3.8, 4) is 0 Å². The number of piperidine rings is 1. The molecule has 0 saturated carbocycles. The number of benzene rings is 1. The van der Waals surface area contributed by atoms with E-state index in [1.165, 1.54) is 12.1 Å². The summed E-state index contributed by atoms with van der Waals surface area (Å²) in [6.45, 7) is 3.39. The summed E-state index contributed by atoms with van der Waals surface area (Å²) in [5.41, 5.74) is 0.103. The van der Waals surface area contributed by atoms with Gasteiger partial charge in [0.2, 0.25) is 11.8 Å². The minimum absolute atomic E-state index is 0.0284. The summed E-state index contributed by atoms with van der Waals surface area (Å²) in [6.07, 6.45) is 3.48. The zero-order valence-corrected chi connectivity index (χ0v) is 14.6. The van der Waals surface area contributed by atoms with Crippen LogP contribution in [0.4, 0.5) is 4.39 Å². The van der Waals surface area contributed by atoms with Gasteiger partial charge in [-0.25, -0.2) is 4.39 Å². The van der Waals surface area contributed by atoms with Gasteiger partial charge in [0.1, 0.15) is 11.9 Å². The Balaban J connectivity index is 1.80. The number of nitrogens with zero attached hydrogens (tertiary/aromatic N) is 1. The summed E-state index contributed by atoms with van der Waals surface area (Å²) >= 11 is 0. The highest BCUT2D eigenvalue weighted by molar-refractivity contribution is 5.88. The number of rotatable bonds is 4. The second kappa shape index (κ2) is 7.52. The Bertz CT molecular complexity index is 643. The Labute approximate surface area is 147 Å². The van der Waals surface area contributed by atoms with E-state index in [-0.39, 0.29) is 17.6 Å². The predicted octanol–water partition coefficient (Wildman–Crippen LogP) is 2.35. The monoisotopic (exact) mass is 348 g/mol. The molecule has 1 aromatic rings. The second-order valence-corrected chi connectivity index (χ2v) is 6.91. The van der Waals surface area contributed by atoms with Crippen LogP contribution in [0, 0.1) is 5.82 Å². The maximum atomic E-state index is 13.7. The summed E-state index contributed by atoms with van der Waals surface area (Å²) in [7, 11) is 0. The van der Waals surface area contributed by atoms with Gasteiger partial charge >= 0.3 is 0 Å². The lowest BCUT2D eigenvalue weighted by molar-refractivity contribution is -0.143. The molecule has 0 aliphatic carbocycles. The third-order valence-electron chi connectivity index (χ3n) is 5.29. The summed E-state index contributed by atoms with van der Waals surface area (Å²) < 4.78 is 19.2. The number of carbonyl (C=O) groups excluding carboxylic acids is 2. The van der Waals surface area contributed by atoms with E-state index in [0.717, 1.165) is 18.4 Å². The fraction of sp³-hybridized carbons (Fsp3) is 0.579. The first-order chi connectivity index (χ1) is 12.0. The third kappa shape index (κ3) is 3.84. The number of amides is 2. The van der Waals surface area contributed by atoms with E-state index in [9.17, 15) is 14.0 Å². The second-order valence-electron chi connectivity index (χ2n) is 6.91. The maximum absolute atomic E-state index is 13.7. The maximum Gasteiger partial charge on any atom is 0.243 e. The molecule has 2 amide bonds. The van der Waals surface area contributed by atoms with Crippen LogP contribution in [0.2, 0.25) is 0 Å². The highest BCUT2D eigenvalue weighted by Crippen LogP contribution is 2.33. The molecule has 0 bridgehead atoms. The predicted molar refractivity (Wildman–Crippen MR) is 91.3 cm³/mol. The molecule has 1 aromatic carbocycles. The van der Waals surface area contributed by atoms with Crippen LogP contribution in [0.15, 0.2) is 24.3 Å². The van der Waals surface area contributed by atoms with Crippen LogP contribution in [-0.4, -0.2) is 42.5 Å². The van der Waals surface area contributed by atoms with E-state index in [1.54, 1.807) is 17.9 Å². The minimum atomic E-state index is -0.648. The molecule has 3 rings (SSSR count). The van der Waals surface area contributed by atoms with Gasteiger partial charge in [0.25, 0.3) is 0 Å². The van der Waals surface area contributed by atoms with Crippen LogP contribution >= 0.6 is 0 Å². The molecule has 1 atom stereocenters. The molecule has 6 heteroatoms. The molecule has 0 radical (unpaired) electrons. The normalized spacial score (nSPS) is 21.7. The molecule has 136 valence electrons. The highest BCUT2D eigenvalue weighted by atomic mass is 19.1. The summed E-state index contributed by atoms with van der Waals surface area (Å²) in [4.78, 5) is 26.6. The Morgan fingerprint density at radius 1 is 1.32 bits per heavy atom. The van der Waals surface area contributed by atoms with Crippen molar-refractivity contribution < 1.29 is 18.7 Å². The van der Waals surface area contributed by atoms with Crippen molar-refractivity contribution >= 4 is 11.8 Å². The molecule has 2 aliphatic heterocycles. The van der Waals surface area contributed by atoms with Gasteiger partial charge in [-0.2, -0.15) is 0 Å². The topological polar surface area (TPSA) is 58.6 Å². The van der Waals surface area contributed by atoms with Crippen molar-refractivity contribution in [3.63, 3.8) is 0 Å². The first-order valence-electron chi connectivity index (χ1n) is 8.97. The standard InChI is InChI=1S/C19H25FN2O3/c1-14(22-10-3-2-7-17(22)23)18(24)21-19(8-11-25-12-9-19)15-5-4-6-16(20)13-15/h4-6,13-14H,2-3,7-12H2,1H3,(H,21,24)/t14-/m0/s1. The Kier molecular flexibility index (Phi) is 5.37. The lowest BCUT2D eigenvalue weighted by atomic mass is 9.82. The first-order valence-corrected chi connectivity index (χ1v) is 8.97. The zero-order chi connectivity index (χ0) is 17.9. The third-order valence-corrected chi connectivity index (χ3v) is 5.29. The Morgan fingerprint density at radius 2 is 2.08 bits per heavy atom. The van der Waals surface area contributed by atoms with Gasteiger partial charge in [0.15, 0.2) is 0 Å². The molecule has 2 heterocycles. The molecule has 25 heavy (non-hydrogen) atoms. The lowest BCUT2D eigenvalue weighted by Crippen LogP contribution is -2.56. The quantitative estimate of drug-likeness (QED) is 0.909. The fourth-order valence-corrected chi connectivity index (χ4v) is 3.71. The number of ether oxygens (including phenoxy) is 1. The van der Waals surface area contributed by atoms with E-state index < -0.39 is 11.6 Å². The summed E-state index contributed by atoms with van der Waals surface area (Å²) in [5.74, 6) is -0.487. The molecule has 0 unspecified atom stereocenters. The van der Waals surface area contributed by atoms with Crippen LogP contribution in [-0.2, 0) is 19.9 Å². The van der Waals surface area contributed by atoms with Crippen LogP contribution in [0.5, 0.6) is 0 Å². The first kappa shape index (κ1) is 17.9. The molecule has 1 N–H and O–H groups in total. The van der Waals surface area contributed by atoms with Gasteiger partial charge in [-0.1, -0.05) is 12.1 Å². The molecule has 5 nitrogen and oxygen atoms in total. The number of hydrogen-bond donors (Lipinski definition) is 1. The van der Waals surface area contributed by atoms with Crippen LogP contribution < -0.4 is 5.32 Å². The van der Waals surface area contributed by atoms with Crippen LogP contribution in [0.1, 0.15) is 44.6 Å². The largest absolute Gasteiger partial charge is 0.381 e. The van der Waals surface area contributed by atoms with Gasteiger partial charge in [0, 0.05) is 26.2 Å². The average Bonchev–Trinajstić information content (AvgIpc) is 2.62. The number of halogens is 1. The molecular formula is C19H25FN2O3. The minimum Gasteiger partial charge on any atom is -0.381 e. The van der Waals surface area contributed by atoms with E-state index in [4.69, 9.17) is 4.74 Å². The van der Waals surface area contributed by atoms with Crippen molar-refractivity contribution in [2.75, 3.05) is 19.8 Å². The number of carbonyl (C=O) groups is 2. The number of nitrogens with one attached hydrogen (secondary N) is 1.